The summed E-state index contributed by atoms with van der Waals surface area (Å²) in [5.41, 5.74) is 0. The van der Waals surface area contributed by atoms with Crippen LogP contribution in [-0.2, 0) is 4.79 Å². The zero-order chi connectivity index (χ0) is 8.27. The quantitative estimate of drug-likeness (QED) is 0.637. The summed E-state index contributed by atoms with van der Waals surface area (Å²) in [6, 6.07) is -0.553. The number of nitrogens with one attached hydrogen (secondary N) is 1. The van der Waals surface area contributed by atoms with Crippen LogP contribution in [-0.4, -0.2) is 18.2 Å². The third-order valence-corrected chi connectivity index (χ3v) is 1.54. The Balaban J connectivity index is 2.61. The molecule has 0 aromatic heterocycles. The molecule has 0 fully saturated rings. The van der Waals surface area contributed by atoms with E-state index >= 15 is 0 Å². The summed E-state index contributed by atoms with van der Waals surface area (Å²) in [6.07, 6.45) is 3.09. The van der Waals surface area contributed by atoms with Gasteiger partial charge in [0, 0.05) is 6.21 Å². The molecule has 1 unspecified atom stereocenters. The normalized spacial score (nSPS) is 23.5. The molecule has 11 heavy (non-hydrogen) atoms. The van der Waals surface area contributed by atoms with Gasteiger partial charge in [-0.05, 0) is 6.42 Å². The molecule has 4 nitrogen and oxygen atoms in total. The average Bonchev–Trinajstić information content (AvgIpc) is 1.95. The fourth-order valence-corrected chi connectivity index (χ4v) is 0.972. The molecule has 3 amide bonds. The lowest BCUT2D eigenvalue weighted by atomic mass is 10.0. The first-order valence-electron chi connectivity index (χ1n) is 3.63. The standard InChI is InChI=1S/C7H10N2O2/c1-2-3-5-4-8-7(11)9-6(5)10/h4-5H,2-3H2,1H3,(H,9,10,11). The van der Waals surface area contributed by atoms with Crippen molar-refractivity contribution >= 4 is 18.2 Å². The maximum absolute atomic E-state index is 11.0. The van der Waals surface area contributed by atoms with Crippen molar-refractivity contribution in [3.05, 3.63) is 0 Å². The topological polar surface area (TPSA) is 58.5 Å². The lowest BCUT2D eigenvalue weighted by Gasteiger charge is -2.12. The van der Waals surface area contributed by atoms with Crippen LogP contribution in [0.5, 0.6) is 0 Å². The van der Waals surface area contributed by atoms with E-state index in [9.17, 15) is 9.59 Å². The van der Waals surface area contributed by atoms with Gasteiger partial charge in [0.25, 0.3) is 0 Å². The fraction of sp³-hybridized carbons (Fsp3) is 0.571. The lowest BCUT2D eigenvalue weighted by Crippen LogP contribution is -2.38. The molecule has 4 heteroatoms. The maximum Gasteiger partial charge on any atom is 0.347 e. The predicted molar refractivity (Wildman–Crippen MR) is 40.4 cm³/mol. The van der Waals surface area contributed by atoms with Gasteiger partial charge >= 0.3 is 6.03 Å². The third kappa shape index (κ3) is 1.86. The van der Waals surface area contributed by atoms with Crippen molar-refractivity contribution in [2.24, 2.45) is 10.9 Å². The first-order chi connectivity index (χ1) is 5.24. The molecule has 60 valence electrons. The molecule has 1 aliphatic heterocycles. The maximum atomic E-state index is 11.0. The number of aliphatic imine (C=N–C) groups is 1. The summed E-state index contributed by atoms with van der Waals surface area (Å²) in [6.45, 7) is 1.98. The summed E-state index contributed by atoms with van der Waals surface area (Å²) in [4.78, 5) is 24.9. The largest absolute Gasteiger partial charge is 0.347 e. The Morgan fingerprint density at radius 2 is 2.36 bits per heavy atom. The van der Waals surface area contributed by atoms with Gasteiger partial charge in [0.2, 0.25) is 5.91 Å². The van der Waals surface area contributed by atoms with Crippen LogP contribution in [0.4, 0.5) is 4.79 Å². The minimum Gasteiger partial charge on any atom is -0.276 e. The van der Waals surface area contributed by atoms with Gasteiger partial charge in [0.1, 0.15) is 0 Å². The van der Waals surface area contributed by atoms with Gasteiger partial charge in [0.05, 0.1) is 5.92 Å². The zero-order valence-corrected chi connectivity index (χ0v) is 6.33. The Morgan fingerprint density at radius 3 is 2.91 bits per heavy atom. The minimum atomic E-state index is -0.553. The van der Waals surface area contributed by atoms with E-state index in [1.165, 1.54) is 6.21 Å². The highest BCUT2D eigenvalue weighted by Gasteiger charge is 2.21. The van der Waals surface area contributed by atoms with Crippen molar-refractivity contribution in [2.45, 2.75) is 19.8 Å². The molecule has 0 radical (unpaired) electrons. The number of carbonyl (C=O) groups excluding carboxylic acids is 2. The smallest absolute Gasteiger partial charge is 0.276 e. The molecule has 1 N–H and O–H groups in total. The van der Waals surface area contributed by atoms with E-state index in [4.69, 9.17) is 0 Å². The van der Waals surface area contributed by atoms with E-state index in [-0.39, 0.29) is 11.8 Å². The first kappa shape index (κ1) is 7.91. The van der Waals surface area contributed by atoms with Crippen molar-refractivity contribution in [1.82, 2.24) is 5.32 Å². The Bertz CT molecular complexity index is 210. The average molecular weight is 154 g/mol. The van der Waals surface area contributed by atoms with E-state index in [1.807, 2.05) is 6.92 Å². The van der Waals surface area contributed by atoms with E-state index in [0.29, 0.717) is 0 Å². The molecule has 0 aliphatic carbocycles. The molecular weight excluding hydrogens is 144 g/mol. The number of nitrogens with zero attached hydrogens (tertiary/aromatic N) is 1. The summed E-state index contributed by atoms with van der Waals surface area (Å²) in [7, 11) is 0. The number of amides is 3. The molecule has 0 aromatic rings. The highest BCUT2D eigenvalue weighted by atomic mass is 16.2. The van der Waals surface area contributed by atoms with Crippen LogP contribution in [0.25, 0.3) is 0 Å². The number of hydrogen-bond acceptors (Lipinski definition) is 2. The summed E-state index contributed by atoms with van der Waals surface area (Å²) in [5.74, 6) is -0.440. The van der Waals surface area contributed by atoms with E-state index in [1.54, 1.807) is 0 Å². The number of rotatable bonds is 2. The molecule has 0 spiro atoms. The van der Waals surface area contributed by atoms with Gasteiger partial charge in [-0.25, -0.2) is 9.79 Å². The van der Waals surface area contributed by atoms with E-state index in [0.717, 1.165) is 12.8 Å². The lowest BCUT2D eigenvalue weighted by molar-refractivity contribution is -0.122. The van der Waals surface area contributed by atoms with Crippen LogP contribution >= 0.6 is 0 Å². The molecule has 0 bridgehead atoms. The summed E-state index contributed by atoms with van der Waals surface area (Å²) < 4.78 is 0. The Labute approximate surface area is 64.7 Å². The van der Waals surface area contributed by atoms with Gasteiger partial charge in [-0.2, -0.15) is 0 Å². The van der Waals surface area contributed by atoms with Gasteiger partial charge in [-0.1, -0.05) is 13.3 Å². The predicted octanol–water partition coefficient (Wildman–Crippen LogP) is 0.723. The van der Waals surface area contributed by atoms with Crippen LogP contribution in [0.1, 0.15) is 19.8 Å². The number of carbonyl (C=O) groups is 2. The van der Waals surface area contributed by atoms with Crippen molar-refractivity contribution < 1.29 is 9.59 Å². The van der Waals surface area contributed by atoms with Crippen molar-refractivity contribution in [3.63, 3.8) is 0 Å². The van der Waals surface area contributed by atoms with E-state index < -0.39 is 6.03 Å². The second-order valence-electron chi connectivity index (χ2n) is 2.47. The first-order valence-corrected chi connectivity index (χ1v) is 3.63. The van der Waals surface area contributed by atoms with Gasteiger partial charge in [-0.15, -0.1) is 0 Å². The second kappa shape index (κ2) is 3.27. The Morgan fingerprint density at radius 1 is 1.64 bits per heavy atom. The van der Waals surface area contributed by atoms with Crippen LogP contribution in [0.3, 0.4) is 0 Å². The molecule has 0 saturated heterocycles. The van der Waals surface area contributed by atoms with Crippen LogP contribution in [0.2, 0.25) is 0 Å². The number of hydrogen-bond donors (Lipinski definition) is 1. The van der Waals surface area contributed by atoms with Crippen LogP contribution in [0, 0.1) is 5.92 Å². The molecular formula is C7H10N2O2. The molecule has 1 heterocycles. The minimum absolute atomic E-state index is 0.210. The number of imide groups is 1. The van der Waals surface area contributed by atoms with Crippen molar-refractivity contribution in [2.75, 3.05) is 0 Å². The van der Waals surface area contributed by atoms with Crippen molar-refractivity contribution in [3.8, 4) is 0 Å². The Hall–Kier alpha value is -1.19. The van der Waals surface area contributed by atoms with Gasteiger partial charge in [0.15, 0.2) is 0 Å². The molecule has 1 atom stereocenters. The van der Waals surface area contributed by atoms with Crippen LogP contribution in [0.15, 0.2) is 4.99 Å². The zero-order valence-electron chi connectivity index (χ0n) is 6.33. The number of urea groups is 1. The Kier molecular flexibility index (Phi) is 2.36. The molecule has 1 rings (SSSR count). The molecule has 0 aromatic carbocycles. The van der Waals surface area contributed by atoms with Gasteiger partial charge in [-0.3, -0.25) is 10.1 Å². The van der Waals surface area contributed by atoms with Crippen molar-refractivity contribution in [1.29, 1.82) is 0 Å². The highest BCUT2D eigenvalue weighted by Crippen LogP contribution is 2.06. The molecule has 1 aliphatic rings. The molecule has 0 saturated carbocycles. The fourth-order valence-electron chi connectivity index (χ4n) is 0.972. The van der Waals surface area contributed by atoms with Crippen LogP contribution < -0.4 is 5.32 Å². The highest BCUT2D eigenvalue weighted by molar-refractivity contribution is 6.09. The van der Waals surface area contributed by atoms with E-state index in [2.05, 4.69) is 10.3 Å². The summed E-state index contributed by atoms with van der Waals surface area (Å²) in [5, 5.41) is 2.14. The third-order valence-electron chi connectivity index (χ3n) is 1.54. The second-order valence-corrected chi connectivity index (χ2v) is 2.47. The monoisotopic (exact) mass is 154 g/mol. The summed E-state index contributed by atoms with van der Waals surface area (Å²) >= 11 is 0. The SMILES string of the molecule is CCCC1C=NC(=O)NC1=O. The van der Waals surface area contributed by atoms with Gasteiger partial charge < -0.3 is 0 Å².